The highest BCUT2D eigenvalue weighted by molar-refractivity contribution is 6.17. The molecule has 0 unspecified atom stereocenters. The number of hydrogen-bond acceptors (Lipinski definition) is 7. The number of nitrogens with zero attached hydrogens (tertiary/aromatic N) is 3. The number of H-pyrrole nitrogens is 1. The van der Waals surface area contributed by atoms with E-state index in [2.05, 4.69) is 9.88 Å². The van der Waals surface area contributed by atoms with Gasteiger partial charge in [-0.1, -0.05) is 0 Å². The monoisotopic (exact) mass is 472 g/mol. The van der Waals surface area contributed by atoms with Crippen molar-refractivity contribution in [3.63, 3.8) is 0 Å². The molecule has 3 heterocycles. The second kappa shape index (κ2) is 8.01. The van der Waals surface area contributed by atoms with Gasteiger partial charge in [0.25, 0.3) is 0 Å². The van der Waals surface area contributed by atoms with Gasteiger partial charge in [0.1, 0.15) is 5.56 Å². The zero-order chi connectivity index (χ0) is 24.3. The molecule has 0 radical (unpaired) electrons. The maximum atomic E-state index is 16.4. The van der Waals surface area contributed by atoms with Gasteiger partial charge in [-0.25, -0.2) is 14.0 Å². The Morgan fingerprint density at radius 2 is 1.88 bits per heavy atom. The van der Waals surface area contributed by atoms with Crippen molar-refractivity contribution < 1.29 is 28.9 Å². The largest absolute Gasteiger partial charge is 0.505 e. The maximum Gasteiger partial charge on any atom is 0.358 e. The number of aromatic amines is 1. The minimum absolute atomic E-state index is 0.0216. The normalized spacial score (nSPS) is 17.0. The van der Waals surface area contributed by atoms with Crippen molar-refractivity contribution in [1.29, 1.82) is 0 Å². The van der Waals surface area contributed by atoms with Crippen LogP contribution in [-0.2, 0) is 4.74 Å². The molecule has 2 fully saturated rings. The summed E-state index contributed by atoms with van der Waals surface area (Å²) in [5.74, 6) is -3.54. The molecule has 3 aromatic rings. The molecule has 1 aliphatic heterocycles. The Hall–Kier alpha value is -3.60. The van der Waals surface area contributed by atoms with Crippen molar-refractivity contribution in [1.82, 2.24) is 14.5 Å². The second-order valence-corrected chi connectivity index (χ2v) is 8.81. The summed E-state index contributed by atoms with van der Waals surface area (Å²) in [4.78, 5) is 44.3. The number of carbonyl (C=O) groups is 2. The zero-order valence-corrected chi connectivity index (χ0v) is 18.9. The number of nitrogens with one attached hydrogen (secondary N) is 1. The van der Waals surface area contributed by atoms with Gasteiger partial charge in [-0.05, 0) is 26.8 Å². The Morgan fingerprint density at radius 3 is 2.47 bits per heavy atom. The van der Waals surface area contributed by atoms with Crippen LogP contribution in [0.15, 0.2) is 11.0 Å². The van der Waals surface area contributed by atoms with Crippen molar-refractivity contribution >= 4 is 39.4 Å². The number of carboxylic acids is 1. The van der Waals surface area contributed by atoms with Crippen LogP contribution in [0.5, 0.6) is 5.75 Å². The molecule has 10 nitrogen and oxygen atoms in total. The average molecular weight is 472 g/mol. The molecule has 2 aliphatic rings. The van der Waals surface area contributed by atoms with E-state index in [0.717, 1.165) is 12.8 Å². The van der Waals surface area contributed by atoms with Gasteiger partial charge >= 0.3 is 11.9 Å². The molecule has 180 valence electrons. The van der Waals surface area contributed by atoms with Crippen molar-refractivity contribution in [2.45, 2.75) is 25.8 Å². The number of piperazine rings is 1. The third-order valence-corrected chi connectivity index (χ3v) is 6.58. The number of carboxylic acid groups (broad SMARTS) is 1. The Balaban J connectivity index is 1.94. The molecule has 1 aliphatic carbocycles. The van der Waals surface area contributed by atoms with Crippen LogP contribution in [0.3, 0.4) is 0 Å². The van der Waals surface area contributed by atoms with E-state index >= 15 is 4.39 Å². The van der Waals surface area contributed by atoms with Gasteiger partial charge in [-0.2, -0.15) is 0 Å². The molecule has 2 aromatic heterocycles. The highest BCUT2D eigenvalue weighted by Gasteiger charge is 2.34. The summed E-state index contributed by atoms with van der Waals surface area (Å²) in [7, 11) is 1.95. The topological polar surface area (TPSA) is 128 Å². The molecule has 34 heavy (non-hydrogen) atoms. The number of ether oxygens (including phenoxy) is 1. The summed E-state index contributed by atoms with van der Waals surface area (Å²) in [6.07, 6.45) is 2.65. The number of carbonyl (C=O) groups excluding carboxylic acids is 1. The van der Waals surface area contributed by atoms with Gasteiger partial charge in [-0.3, -0.25) is 4.79 Å². The number of aromatic carboxylic acids is 1. The number of aromatic hydroxyl groups is 1. The van der Waals surface area contributed by atoms with E-state index in [0.29, 0.717) is 26.2 Å². The summed E-state index contributed by atoms with van der Waals surface area (Å²) in [5, 5.41) is 20.4. The van der Waals surface area contributed by atoms with Crippen molar-refractivity contribution in [2.24, 2.45) is 0 Å². The smallest absolute Gasteiger partial charge is 0.358 e. The molecule has 0 atom stereocenters. The van der Waals surface area contributed by atoms with Crippen LogP contribution in [0, 0.1) is 5.82 Å². The first-order valence-corrected chi connectivity index (χ1v) is 11.2. The molecular weight excluding hydrogens is 447 g/mol. The number of halogens is 1. The molecule has 5 rings (SSSR count). The highest BCUT2D eigenvalue weighted by Crippen LogP contribution is 2.45. The zero-order valence-electron chi connectivity index (χ0n) is 18.9. The number of likely N-dealkylation sites (N-methyl/N-ethyl adjacent to an activating group) is 1. The number of fused-ring (bicyclic) bond motifs is 3. The van der Waals surface area contributed by atoms with Gasteiger partial charge in [-0.15, -0.1) is 0 Å². The summed E-state index contributed by atoms with van der Waals surface area (Å²) < 4.78 is 22.9. The first kappa shape index (κ1) is 22.2. The van der Waals surface area contributed by atoms with Gasteiger partial charge in [0.15, 0.2) is 17.3 Å². The van der Waals surface area contributed by atoms with E-state index in [9.17, 15) is 24.6 Å². The van der Waals surface area contributed by atoms with Crippen LogP contribution >= 0.6 is 0 Å². The summed E-state index contributed by atoms with van der Waals surface area (Å²) in [6, 6.07) is -0.137. The van der Waals surface area contributed by atoms with Crippen molar-refractivity contribution in [3.8, 4) is 5.75 Å². The number of anilines is 1. The highest BCUT2D eigenvalue weighted by atomic mass is 19.1. The summed E-state index contributed by atoms with van der Waals surface area (Å²) in [6.45, 7) is 3.90. The molecule has 3 N–H and O–H groups in total. The SMILES string of the molecule is CCOC(=O)c1[nH]c2c(c1O)c(N1CCN(C)CC1)c(F)c1c2c(=O)c(C(=O)O)cn1C1CC1. The lowest BCUT2D eigenvalue weighted by molar-refractivity contribution is 0.0516. The van der Waals surface area contributed by atoms with E-state index in [1.807, 2.05) is 7.05 Å². The standard InChI is InChI=1S/C23H25FN4O6/c1-3-34-23(33)17-21(30)13-16(25-17)14-19(15(24)18(13)27-8-6-26(2)7-9-27)28(11-4-5-11)10-12(20(14)29)22(31)32/h10-11,25,30H,3-9H2,1-2H3,(H,31,32). The fraction of sp³-hybridized carbons (Fsp3) is 0.435. The summed E-state index contributed by atoms with van der Waals surface area (Å²) >= 11 is 0. The molecule has 1 aromatic carbocycles. The number of pyridine rings is 1. The van der Waals surface area contributed by atoms with E-state index in [1.165, 1.54) is 10.8 Å². The third kappa shape index (κ3) is 3.30. The Kier molecular flexibility index (Phi) is 5.23. The first-order chi connectivity index (χ1) is 16.2. The lowest BCUT2D eigenvalue weighted by atomic mass is 10.0. The molecule has 11 heteroatoms. The minimum Gasteiger partial charge on any atom is -0.505 e. The number of esters is 1. The first-order valence-electron chi connectivity index (χ1n) is 11.2. The Bertz CT molecular complexity index is 1400. The van der Waals surface area contributed by atoms with Crippen LogP contribution in [-0.4, -0.2) is 76.4 Å². The van der Waals surface area contributed by atoms with Gasteiger partial charge in [0.05, 0.1) is 34.1 Å². The number of rotatable bonds is 5. The van der Waals surface area contributed by atoms with Gasteiger partial charge in [0, 0.05) is 38.4 Å². The van der Waals surface area contributed by atoms with Crippen molar-refractivity contribution in [3.05, 3.63) is 33.5 Å². The fourth-order valence-corrected chi connectivity index (χ4v) is 4.69. The molecular formula is C23H25FN4O6. The Morgan fingerprint density at radius 1 is 1.21 bits per heavy atom. The van der Waals surface area contributed by atoms with Crippen LogP contribution in [0.1, 0.15) is 46.7 Å². The lowest BCUT2D eigenvalue weighted by Gasteiger charge is -2.35. The van der Waals surface area contributed by atoms with Crippen molar-refractivity contribution in [2.75, 3.05) is 44.7 Å². The van der Waals surface area contributed by atoms with Crippen LogP contribution < -0.4 is 10.3 Å². The predicted molar refractivity (Wildman–Crippen MR) is 123 cm³/mol. The molecule has 0 amide bonds. The van der Waals surface area contributed by atoms with Gasteiger partial charge < -0.3 is 34.3 Å². The fourth-order valence-electron chi connectivity index (χ4n) is 4.69. The van der Waals surface area contributed by atoms with Crippen LogP contribution in [0.2, 0.25) is 0 Å². The van der Waals surface area contributed by atoms with Crippen LogP contribution in [0.4, 0.5) is 10.1 Å². The maximum absolute atomic E-state index is 16.4. The number of aromatic nitrogens is 2. The predicted octanol–water partition coefficient (Wildman–Crippen LogP) is 2.29. The molecule has 0 bridgehead atoms. The second-order valence-electron chi connectivity index (χ2n) is 8.81. The third-order valence-electron chi connectivity index (χ3n) is 6.58. The van der Waals surface area contributed by atoms with E-state index in [-0.39, 0.29) is 45.8 Å². The van der Waals surface area contributed by atoms with E-state index < -0.39 is 34.5 Å². The van der Waals surface area contributed by atoms with E-state index in [1.54, 1.807) is 11.8 Å². The van der Waals surface area contributed by atoms with E-state index in [4.69, 9.17) is 4.74 Å². The molecule has 1 saturated carbocycles. The number of benzene rings is 1. The quantitative estimate of drug-likeness (QED) is 0.483. The minimum atomic E-state index is -1.43. The molecule has 0 spiro atoms. The lowest BCUT2D eigenvalue weighted by Crippen LogP contribution is -2.45. The summed E-state index contributed by atoms with van der Waals surface area (Å²) in [5.41, 5.74) is -1.62. The molecule has 1 saturated heterocycles. The average Bonchev–Trinajstić information content (AvgIpc) is 3.58. The Labute approximate surface area is 193 Å². The number of hydrogen-bond donors (Lipinski definition) is 3. The van der Waals surface area contributed by atoms with Crippen LogP contribution in [0.25, 0.3) is 21.8 Å². The van der Waals surface area contributed by atoms with Gasteiger partial charge in [0.2, 0.25) is 5.43 Å².